The second-order valence-electron chi connectivity index (χ2n) is 29.3. The molecule has 0 aliphatic carbocycles. The Morgan fingerprint density at radius 3 is 1.29 bits per heavy atom. The number of aliphatic hydroxyl groups excluding tert-OH is 1. The molecule has 13 atom stereocenters. The predicted octanol–water partition coefficient (Wildman–Crippen LogP) is 4.39. The van der Waals surface area contributed by atoms with Gasteiger partial charge in [0.25, 0.3) is 0 Å². The number of amides is 12. The van der Waals surface area contributed by atoms with Gasteiger partial charge in [-0.2, -0.15) is 0 Å². The number of likely N-dealkylation sites (N-methyl/N-ethyl adjacent to an activating group) is 7. The molecule has 0 aromatic carbocycles. The number of unbranched alkanes of at least 4 members (excludes halogenated alkanes) is 1. The molecule has 0 aromatic rings. The van der Waals surface area contributed by atoms with Crippen LogP contribution in [-0.2, 0) is 57.5 Å². The van der Waals surface area contributed by atoms with Crippen LogP contribution in [0.1, 0.15) is 189 Å². The summed E-state index contributed by atoms with van der Waals surface area (Å²) in [6.07, 6.45) is -1.60. The fraction of sp³-hybridized carbons (Fsp3) is 0.824. The molecule has 2 unspecified atom stereocenters. The molecule has 1 heterocycles. The smallest absolute Gasteiger partial charge is 0.407 e. The van der Waals surface area contributed by atoms with E-state index in [1.54, 1.807) is 20.8 Å². The van der Waals surface area contributed by atoms with E-state index in [-0.39, 0.29) is 74.0 Å². The lowest BCUT2D eigenvalue weighted by Gasteiger charge is -2.40. The Morgan fingerprint density at radius 1 is 0.468 bits per heavy atom. The quantitative estimate of drug-likeness (QED) is 0.0986. The van der Waals surface area contributed by atoms with Crippen LogP contribution < -0.4 is 26.6 Å². The molecule has 1 aliphatic heterocycles. The molecule has 26 heteroatoms. The third-order valence-electron chi connectivity index (χ3n) is 17.3. The van der Waals surface area contributed by atoms with E-state index in [4.69, 9.17) is 4.74 Å². The highest BCUT2D eigenvalue weighted by atomic mass is 16.6. The van der Waals surface area contributed by atoms with Gasteiger partial charge in [0.05, 0.1) is 12.6 Å². The summed E-state index contributed by atoms with van der Waals surface area (Å²) >= 11 is 0. The first kappa shape index (κ1) is 85.4. The minimum absolute atomic E-state index is 0.0407. The maximum absolute atomic E-state index is 15.4. The van der Waals surface area contributed by atoms with Gasteiger partial charge >= 0.3 is 6.09 Å². The normalized spacial score (nSPS) is 25.7. The van der Waals surface area contributed by atoms with Crippen molar-refractivity contribution >= 4 is 71.1 Å². The molecule has 0 radical (unpaired) electrons. The Morgan fingerprint density at radius 2 is 0.851 bits per heavy atom. The molecule has 0 bridgehead atoms. The molecule has 540 valence electrons. The molecule has 1 aliphatic rings. The van der Waals surface area contributed by atoms with E-state index in [9.17, 15) is 33.9 Å². The summed E-state index contributed by atoms with van der Waals surface area (Å²) in [6.45, 7) is 32.8. The summed E-state index contributed by atoms with van der Waals surface area (Å²) < 4.78 is 5.71. The lowest BCUT2D eigenvalue weighted by atomic mass is 9.90. The topological polar surface area (TPSA) is 317 Å². The number of carbonyl (C=O) groups excluding carboxylic acids is 12. The number of nitrogens with one attached hydrogen (secondary N) is 5. The number of nitrogens with zero attached hydrogens (tertiary/aromatic N) is 7. The first-order chi connectivity index (χ1) is 43.3. The van der Waals surface area contributed by atoms with E-state index in [1.165, 1.54) is 94.6 Å². The summed E-state index contributed by atoms with van der Waals surface area (Å²) in [5, 5.41) is 26.0. The van der Waals surface area contributed by atoms with Gasteiger partial charge < -0.3 is 70.7 Å². The monoisotopic (exact) mass is 1330 g/mol. The van der Waals surface area contributed by atoms with Crippen molar-refractivity contribution in [1.82, 2.24) is 60.9 Å². The van der Waals surface area contributed by atoms with Gasteiger partial charge in [-0.1, -0.05) is 110 Å². The van der Waals surface area contributed by atoms with Crippen LogP contribution in [0.2, 0.25) is 0 Å². The molecule has 0 saturated carbocycles. The Kier molecular flexibility index (Phi) is 35.8. The largest absolute Gasteiger partial charge is 0.444 e. The predicted molar refractivity (Wildman–Crippen MR) is 362 cm³/mol. The van der Waals surface area contributed by atoms with E-state index in [1.807, 2.05) is 90.0 Å². The van der Waals surface area contributed by atoms with Crippen LogP contribution in [0.4, 0.5) is 4.79 Å². The standard InChI is InChI=1S/C68H124N12O14/c1-27-28-29-44(16)57(82)56-61(86)73-55(47(19)94-68(93)69-43(14)15)67(92)74(20)36-54(81)75(21)51(33-40(8)9)64(89)79(25)52(34-41(10)11)65(90)77(23)49(31-38(4)5)59(84)70-45(17)58(83)71-46(18)62(87)76(22)50(32-39(6)7)60(85)72-48(30-37(2)3)63(88)78(24)53(35-42(12)13)66(91)80(56)26/h37-53,55-57,82H,27-36H2,1-26H3,(H,69,93)(H,70,84)(H,71,83)(H,72,85)(H,73,86)/t44-,45+,46-,47?,48+,49+,50+,51+,52+,53+,55+,56+,57?/m1/s1. The van der Waals surface area contributed by atoms with Crippen molar-refractivity contribution in [3.05, 3.63) is 0 Å². The Hall–Kier alpha value is -6.60. The molecule has 12 amide bonds. The summed E-state index contributed by atoms with van der Waals surface area (Å²) in [7, 11) is 9.71. The molecular formula is C68H124N12O14. The fourth-order valence-corrected chi connectivity index (χ4v) is 11.6. The lowest BCUT2D eigenvalue weighted by Crippen LogP contribution is -2.64. The van der Waals surface area contributed by atoms with Crippen molar-refractivity contribution in [1.29, 1.82) is 0 Å². The first-order valence-electron chi connectivity index (χ1n) is 34.0. The van der Waals surface area contributed by atoms with E-state index < -0.39 is 162 Å². The molecule has 1 fully saturated rings. The summed E-state index contributed by atoms with van der Waals surface area (Å²) in [5.74, 6) is -9.93. The van der Waals surface area contributed by atoms with Gasteiger partial charge in [-0.15, -0.1) is 0 Å². The van der Waals surface area contributed by atoms with Crippen molar-refractivity contribution < 1.29 is 67.4 Å². The van der Waals surface area contributed by atoms with E-state index in [0.717, 1.165) is 16.2 Å². The van der Waals surface area contributed by atoms with Crippen molar-refractivity contribution in [3.63, 3.8) is 0 Å². The number of aliphatic hydroxyl groups is 1. The first-order valence-corrected chi connectivity index (χ1v) is 34.0. The highest BCUT2D eigenvalue weighted by molar-refractivity contribution is 5.99. The van der Waals surface area contributed by atoms with Crippen LogP contribution in [-0.4, -0.2) is 245 Å². The zero-order chi connectivity index (χ0) is 72.8. The Bertz CT molecular complexity index is 2550. The van der Waals surface area contributed by atoms with Crippen molar-refractivity contribution in [3.8, 4) is 0 Å². The van der Waals surface area contributed by atoms with Gasteiger partial charge in [0.15, 0.2) is 0 Å². The number of hydrogen-bond acceptors (Lipinski definition) is 14. The minimum atomic E-state index is -1.77. The molecular weight excluding hydrogens is 1210 g/mol. The molecule has 0 spiro atoms. The van der Waals surface area contributed by atoms with Gasteiger partial charge in [-0.05, 0) is 121 Å². The van der Waals surface area contributed by atoms with Gasteiger partial charge in [0.2, 0.25) is 65.0 Å². The fourth-order valence-electron chi connectivity index (χ4n) is 11.6. The molecule has 6 N–H and O–H groups in total. The summed E-state index contributed by atoms with van der Waals surface area (Å²) in [6, 6.07) is -13.7. The van der Waals surface area contributed by atoms with Crippen molar-refractivity contribution in [2.75, 3.05) is 55.9 Å². The molecule has 1 saturated heterocycles. The van der Waals surface area contributed by atoms with Crippen LogP contribution in [0.3, 0.4) is 0 Å². The third kappa shape index (κ3) is 25.9. The molecule has 26 nitrogen and oxygen atoms in total. The van der Waals surface area contributed by atoms with Crippen LogP contribution in [0.5, 0.6) is 0 Å². The Labute approximate surface area is 562 Å². The highest BCUT2D eigenvalue weighted by Gasteiger charge is 2.46. The number of rotatable bonds is 20. The average Bonchev–Trinajstić information content (AvgIpc) is 0.822. The summed E-state index contributed by atoms with van der Waals surface area (Å²) in [4.78, 5) is 185. The zero-order valence-corrected chi connectivity index (χ0v) is 62.0. The van der Waals surface area contributed by atoms with Gasteiger partial charge in [-0.3, -0.25) is 52.7 Å². The number of hydrogen-bond donors (Lipinski definition) is 6. The second kappa shape index (κ2) is 39.4. The van der Waals surface area contributed by atoms with Crippen LogP contribution in [0.25, 0.3) is 0 Å². The van der Waals surface area contributed by atoms with Gasteiger partial charge in [0.1, 0.15) is 66.5 Å². The second-order valence-corrected chi connectivity index (χ2v) is 29.3. The molecule has 94 heavy (non-hydrogen) atoms. The van der Waals surface area contributed by atoms with Crippen LogP contribution in [0, 0.1) is 41.4 Å². The maximum atomic E-state index is 15.4. The molecule has 0 aromatic heterocycles. The van der Waals surface area contributed by atoms with Crippen molar-refractivity contribution in [2.45, 2.75) is 268 Å². The van der Waals surface area contributed by atoms with E-state index in [0.29, 0.717) is 12.8 Å². The number of carbonyl (C=O) groups is 12. The Balaban J connectivity index is 4.57. The minimum Gasteiger partial charge on any atom is -0.444 e. The lowest BCUT2D eigenvalue weighted by molar-refractivity contribution is -0.154. The van der Waals surface area contributed by atoms with Gasteiger partial charge in [-0.25, -0.2) is 4.79 Å². The zero-order valence-electron chi connectivity index (χ0n) is 62.0. The SMILES string of the molecule is CCCC[C@@H](C)C(O)[C@H]1C(=O)N[C@@H](C(C)OC(=O)NC(C)C)C(=O)N(C)CC(=O)N(C)[C@@H](CC(C)C)C(=O)N(C)[C@@H](CC(C)C)C(=O)N(C)[C@@H](CC(C)C)C(=O)N[C@@H](C)C(=O)N[C@H](C)C(=O)N(C)[C@@H](CC(C)C)C(=O)N[C@@H](CC(C)C)C(=O)N(C)[C@@H](CC(C)C)C(=O)N1C. The van der Waals surface area contributed by atoms with Crippen LogP contribution in [0.15, 0.2) is 0 Å². The van der Waals surface area contributed by atoms with Crippen LogP contribution >= 0.6 is 0 Å². The third-order valence-corrected chi connectivity index (χ3v) is 17.3. The number of ether oxygens (including phenoxy) is 1. The maximum Gasteiger partial charge on any atom is 0.407 e. The highest BCUT2D eigenvalue weighted by Crippen LogP contribution is 2.26. The molecule has 1 rings (SSSR count). The summed E-state index contributed by atoms with van der Waals surface area (Å²) in [5.41, 5.74) is 0. The average molecular weight is 1330 g/mol. The number of alkyl carbamates (subject to hydrolysis) is 1. The van der Waals surface area contributed by atoms with Gasteiger partial charge in [0, 0.05) is 55.4 Å². The van der Waals surface area contributed by atoms with E-state index in [2.05, 4.69) is 26.6 Å². The van der Waals surface area contributed by atoms with Crippen molar-refractivity contribution in [2.24, 2.45) is 41.4 Å². The van der Waals surface area contributed by atoms with E-state index >= 15 is 28.8 Å².